The van der Waals surface area contributed by atoms with E-state index >= 15 is 0 Å². The second-order valence-corrected chi connectivity index (χ2v) is 8.43. The number of rotatable bonds is 8. The number of nitrogens with one attached hydrogen (secondary N) is 1. The summed E-state index contributed by atoms with van der Waals surface area (Å²) in [6.45, 7) is 7.14. The predicted octanol–water partition coefficient (Wildman–Crippen LogP) is 3.98. The first-order valence-corrected chi connectivity index (χ1v) is 10.8. The summed E-state index contributed by atoms with van der Waals surface area (Å²) in [6, 6.07) is 10.1. The summed E-state index contributed by atoms with van der Waals surface area (Å²) in [5.74, 6) is 1.23. The molecule has 3 rings (SSSR count). The smallest absolute Gasteiger partial charge is 0.251 e. The highest BCUT2D eigenvalue weighted by Gasteiger charge is 2.23. The van der Waals surface area contributed by atoms with Crippen LogP contribution < -0.4 is 14.8 Å². The average Bonchev–Trinajstić information content (AvgIpc) is 3.22. The Labute approximate surface area is 171 Å². The molecule has 0 spiro atoms. The van der Waals surface area contributed by atoms with Crippen LogP contribution in [0, 0.1) is 0 Å². The van der Waals surface area contributed by atoms with Crippen molar-refractivity contribution in [2.75, 3.05) is 26.7 Å². The Bertz CT molecular complexity index is 753. The zero-order valence-electron chi connectivity index (χ0n) is 16.9. The molecule has 1 N–H and O–H groups in total. The highest BCUT2D eigenvalue weighted by atomic mass is 32.1. The Kier molecular flexibility index (Phi) is 7.34. The molecule has 28 heavy (non-hydrogen) atoms. The Balaban J connectivity index is 1.59. The third-order valence-electron chi connectivity index (χ3n) is 5.16. The van der Waals surface area contributed by atoms with Crippen molar-refractivity contribution in [2.45, 2.75) is 45.3 Å². The maximum Gasteiger partial charge on any atom is 0.251 e. The summed E-state index contributed by atoms with van der Waals surface area (Å²) in [7, 11) is 1.63. The Hall–Kier alpha value is -2.05. The quantitative estimate of drug-likeness (QED) is 0.726. The van der Waals surface area contributed by atoms with Gasteiger partial charge in [-0.3, -0.25) is 4.79 Å². The molecule has 2 heterocycles. The molecule has 5 nitrogen and oxygen atoms in total. The van der Waals surface area contributed by atoms with Gasteiger partial charge in [0, 0.05) is 36.1 Å². The van der Waals surface area contributed by atoms with Gasteiger partial charge < -0.3 is 19.7 Å². The van der Waals surface area contributed by atoms with Gasteiger partial charge in [0.05, 0.1) is 7.11 Å². The third kappa shape index (κ3) is 5.49. The lowest BCUT2D eigenvalue weighted by atomic mass is 10.1. The maximum atomic E-state index is 12.5. The van der Waals surface area contributed by atoms with Crippen LogP contribution in [0.5, 0.6) is 11.5 Å². The van der Waals surface area contributed by atoms with E-state index in [0.717, 1.165) is 32.4 Å². The lowest BCUT2D eigenvalue weighted by molar-refractivity contribution is 0.0819. The van der Waals surface area contributed by atoms with Crippen LogP contribution in [0.2, 0.25) is 0 Å². The lowest BCUT2D eigenvalue weighted by Gasteiger charge is -2.34. The summed E-state index contributed by atoms with van der Waals surface area (Å²) in [5.41, 5.74) is 0.599. The topological polar surface area (TPSA) is 50.8 Å². The molecule has 0 radical (unpaired) electrons. The summed E-state index contributed by atoms with van der Waals surface area (Å²) >= 11 is 1.71. The standard InChI is InChI=1S/C22H30N2O3S/c1-16(2)24-12-9-18(10-13-24)27-21-15-17(6-7-20(21)26-3)22(25)23-11-8-19-5-4-14-28-19/h4-7,14-16,18H,8-13H2,1-3H3,(H,23,25). The number of likely N-dealkylation sites (tertiary alicyclic amines) is 1. The highest BCUT2D eigenvalue weighted by Crippen LogP contribution is 2.31. The van der Waals surface area contributed by atoms with Crippen LogP contribution in [0.3, 0.4) is 0 Å². The molecule has 1 fully saturated rings. The fourth-order valence-electron chi connectivity index (χ4n) is 3.46. The summed E-state index contributed by atoms with van der Waals surface area (Å²) in [4.78, 5) is 16.3. The Morgan fingerprint density at radius 1 is 1.25 bits per heavy atom. The molecule has 2 aromatic rings. The molecule has 0 atom stereocenters. The molecule has 1 aromatic carbocycles. The predicted molar refractivity (Wildman–Crippen MR) is 114 cm³/mol. The number of carbonyl (C=O) groups is 1. The molecular weight excluding hydrogens is 372 g/mol. The molecule has 1 aromatic heterocycles. The van der Waals surface area contributed by atoms with Crippen LogP contribution in [0.4, 0.5) is 0 Å². The first-order chi connectivity index (χ1) is 13.6. The highest BCUT2D eigenvalue weighted by molar-refractivity contribution is 7.09. The molecule has 1 aliphatic heterocycles. The van der Waals surface area contributed by atoms with Crippen molar-refractivity contribution in [1.29, 1.82) is 0 Å². The number of thiophene rings is 1. The van der Waals surface area contributed by atoms with Crippen LogP contribution in [-0.2, 0) is 6.42 Å². The summed E-state index contributed by atoms with van der Waals surface area (Å²) < 4.78 is 11.7. The second kappa shape index (κ2) is 9.94. The Morgan fingerprint density at radius 3 is 2.68 bits per heavy atom. The van der Waals surface area contributed by atoms with Crippen LogP contribution in [-0.4, -0.2) is 49.7 Å². The van der Waals surface area contributed by atoms with Crippen molar-refractivity contribution >= 4 is 17.2 Å². The van der Waals surface area contributed by atoms with Crippen molar-refractivity contribution in [3.8, 4) is 11.5 Å². The van der Waals surface area contributed by atoms with Crippen LogP contribution in [0.25, 0.3) is 0 Å². The van der Waals surface area contributed by atoms with Crippen molar-refractivity contribution in [2.24, 2.45) is 0 Å². The number of nitrogens with zero attached hydrogens (tertiary/aromatic N) is 1. The van der Waals surface area contributed by atoms with Gasteiger partial charge in [-0.25, -0.2) is 0 Å². The molecule has 0 aliphatic carbocycles. The minimum absolute atomic E-state index is 0.0845. The van der Waals surface area contributed by atoms with E-state index in [1.807, 2.05) is 12.1 Å². The van der Waals surface area contributed by atoms with Gasteiger partial charge >= 0.3 is 0 Å². The van der Waals surface area contributed by atoms with E-state index in [2.05, 4.69) is 35.5 Å². The van der Waals surface area contributed by atoms with Gasteiger partial charge in [-0.05, 0) is 62.8 Å². The molecule has 152 valence electrons. The summed E-state index contributed by atoms with van der Waals surface area (Å²) in [6.07, 6.45) is 2.97. The van der Waals surface area contributed by atoms with Gasteiger partial charge in [0.2, 0.25) is 0 Å². The fraction of sp³-hybridized carbons (Fsp3) is 0.500. The van der Waals surface area contributed by atoms with E-state index in [9.17, 15) is 4.79 Å². The van der Waals surface area contributed by atoms with Gasteiger partial charge in [-0.1, -0.05) is 6.07 Å². The van der Waals surface area contributed by atoms with Crippen molar-refractivity contribution in [3.05, 3.63) is 46.2 Å². The van der Waals surface area contributed by atoms with E-state index < -0.39 is 0 Å². The number of benzene rings is 1. The van der Waals surface area contributed by atoms with Crippen molar-refractivity contribution in [1.82, 2.24) is 10.2 Å². The summed E-state index contributed by atoms with van der Waals surface area (Å²) in [5, 5.41) is 5.04. The van der Waals surface area contributed by atoms with Crippen molar-refractivity contribution in [3.63, 3.8) is 0 Å². The zero-order valence-corrected chi connectivity index (χ0v) is 17.8. The number of amides is 1. The average molecular weight is 403 g/mol. The molecule has 0 unspecified atom stereocenters. The van der Waals surface area contributed by atoms with Gasteiger partial charge in [0.25, 0.3) is 5.91 Å². The third-order valence-corrected chi connectivity index (χ3v) is 6.10. The van der Waals surface area contributed by atoms with Gasteiger partial charge in [-0.15, -0.1) is 11.3 Å². The largest absolute Gasteiger partial charge is 0.493 e. The molecule has 1 aliphatic rings. The van der Waals surface area contributed by atoms with E-state index in [1.54, 1.807) is 30.6 Å². The monoisotopic (exact) mass is 402 g/mol. The Morgan fingerprint density at radius 2 is 2.04 bits per heavy atom. The number of hydrogen-bond acceptors (Lipinski definition) is 5. The molecule has 1 saturated heterocycles. The van der Waals surface area contributed by atoms with Gasteiger partial charge in [0.15, 0.2) is 11.5 Å². The first-order valence-electron chi connectivity index (χ1n) is 9.96. The molecule has 0 saturated carbocycles. The minimum atomic E-state index is -0.0845. The second-order valence-electron chi connectivity index (χ2n) is 7.40. The number of hydrogen-bond donors (Lipinski definition) is 1. The molecule has 1 amide bonds. The zero-order chi connectivity index (χ0) is 19.9. The fourth-order valence-corrected chi connectivity index (χ4v) is 4.16. The van der Waals surface area contributed by atoms with E-state index in [-0.39, 0.29) is 12.0 Å². The first kappa shape index (κ1) is 20.7. The lowest BCUT2D eigenvalue weighted by Crippen LogP contribution is -2.41. The number of piperidine rings is 1. The van der Waals surface area contributed by atoms with Gasteiger partial charge in [0.1, 0.15) is 6.10 Å². The minimum Gasteiger partial charge on any atom is -0.493 e. The van der Waals surface area contributed by atoms with E-state index in [4.69, 9.17) is 9.47 Å². The SMILES string of the molecule is COc1ccc(C(=O)NCCc2cccs2)cc1OC1CCN(C(C)C)CC1. The normalized spacial score (nSPS) is 15.6. The maximum absolute atomic E-state index is 12.5. The molecular formula is C22H30N2O3S. The van der Waals surface area contributed by atoms with Gasteiger partial charge in [-0.2, -0.15) is 0 Å². The number of carbonyl (C=O) groups excluding carboxylic acids is 1. The molecule has 6 heteroatoms. The van der Waals surface area contributed by atoms with E-state index in [1.165, 1.54) is 4.88 Å². The number of methoxy groups -OCH3 is 1. The van der Waals surface area contributed by atoms with Crippen molar-refractivity contribution < 1.29 is 14.3 Å². The number of ether oxygens (including phenoxy) is 2. The molecule has 0 bridgehead atoms. The van der Waals surface area contributed by atoms with Crippen LogP contribution in [0.15, 0.2) is 35.7 Å². The van der Waals surface area contributed by atoms with Crippen LogP contribution in [0.1, 0.15) is 41.9 Å². The van der Waals surface area contributed by atoms with Crippen LogP contribution >= 0.6 is 11.3 Å². The van der Waals surface area contributed by atoms with E-state index in [0.29, 0.717) is 29.6 Å².